The second-order valence-corrected chi connectivity index (χ2v) is 5.54. The molecule has 2 aromatic rings. The van der Waals surface area contributed by atoms with Gasteiger partial charge in [0.1, 0.15) is 0 Å². The third-order valence-electron chi connectivity index (χ3n) is 3.65. The normalized spacial score (nSPS) is 12.3. The van der Waals surface area contributed by atoms with Crippen molar-refractivity contribution in [3.63, 3.8) is 0 Å². The van der Waals surface area contributed by atoms with Crippen LogP contribution in [-0.4, -0.2) is 0 Å². The average molecular weight is 253 g/mol. The highest BCUT2D eigenvalue weighted by Crippen LogP contribution is 2.25. The first kappa shape index (κ1) is 13.7. The van der Waals surface area contributed by atoms with Gasteiger partial charge in [-0.05, 0) is 57.4 Å². The molecule has 1 unspecified atom stereocenters. The van der Waals surface area contributed by atoms with E-state index < -0.39 is 0 Å². The third kappa shape index (κ3) is 3.17. The van der Waals surface area contributed by atoms with Crippen LogP contribution in [0.2, 0.25) is 0 Å². The molecule has 0 aliphatic carbocycles. The van der Waals surface area contributed by atoms with Gasteiger partial charge >= 0.3 is 0 Å². The Balaban J connectivity index is 2.23. The molecule has 0 amide bonds. The first-order chi connectivity index (χ1) is 8.97. The molecule has 1 atom stereocenters. The van der Waals surface area contributed by atoms with Gasteiger partial charge in [0.05, 0.1) is 0 Å². The molecule has 2 aromatic carbocycles. The fourth-order valence-corrected chi connectivity index (χ4v) is 2.60. The molecule has 0 spiro atoms. The van der Waals surface area contributed by atoms with Crippen LogP contribution in [0.4, 0.5) is 5.69 Å². The molecule has 0 heterocycles. The van der Waals surface area contributed by atoms with Crippen molar-refractivity contribution in [2.24, 2.45) is 0 Å². The summed E-state index contributed by atoms with van der Waals surface area (Å²) in [4.78, 5) is 0. The van der Waals surface area contributed by atoms with E-state index >= 15 is 0 Å². The van der Waals surface area contributed by atoms with Crippen molar-refractivity contribution in [3.05, 3.63) is 64.2 Å². The van der Waals surface area contributed by atoms with E-state index in [1.54, 1.807) is 0 Å². The highest BCUT2D eigenvalue weighted by Gasteiger charge is 2.09. The summed E-state index contributed by atoms with van der Waals surface area (Å²) >= 11 is 0. The molecule has 0 aliphatic rings. The summed E-state index contributed by atoms with van der Waals surface area (Å²) in [5.74, 6) is 0. The largest absolute Gasteiger partial charge is 0.378 e. The molecule has 1 N–H and O–H groups in total. The lowest BCUT2D eigenvalue weighted by molar-refractivity contribution is 0.871. The Bertz CT molecular complexity index is 584. The standard InChI is InChI=1S/C18H23N/c1-12-6-8-17(14(3)10-12)16(5)19-18-9-7-13(2)11-15(18)4/h6-11,16,19H,1-5H3. The van der Waals surface area contributed by atoms with E-state index in [0.29, 0.717) is 6.04 Å². The van der Waals surface area contributed by atoms with Gasteiger partial charge in [0.2, 0.25) is 0 Å². The first-order valence-corrected chi connectivity index (χ1v) is 6.88. The Hall–Kier alpha value is -1.76. The van der Waals surface area contributed by atoms with Crippen LogP contribution in [0.25, 0.3) is 0 Å². The molecule has 19 heavy (non-hydrogen) atoms. The fraction of sp³-hybridized carbons (Fsp3) is 0.333. The molecule has 0 aliphatic heterocycles. The minimum Gasteiger partial charge on any atom is -0.378 e. The van der Waals surface area contributed by atoms with Crippen LogP contribution < -0.4 is 5.32 Å². The van der Waals surface area contributed by atoms with Crippen molar-refractivity contribution in [2.75, 3.05) is 5.32 Å². The molecule has 1 heteroatoms. The summed E-state index contributed by atoms with van der Waals surface area (Å²) in [7, 11) is 0. The molecule has 0 saturated heterocycles. The summed E-state index contributed by atoms with van der Waals surface area (Å²) in [6.45, 7) is 10.8. The maximum absolute atomic E-state index is 3.61. The second-order valence-electron chi connectivity index (χ2n) is 5.54. The molecule has 1 nitrogen and oxygen atoms in total. The molecule has 0 radical (unpaired) electrons. The Labute approximate surface area is 116 Å². The van der Waals surface area contributed by atoms with Crippen molar-refractivity contribution in [3.8, 4) is 0 Å². The Morgan fingerprint density at radius 3 is 1.95 bits per heavy atom. The van der Waals surface area contributed by atoms with E-state index in [2.05, 4.69) is 76.3 Å². The quantitative estimate of drug-likeness (QED) is 0.803. The third-order valence-corrected chi connectivity index (χ3v) is 3.65. The van der Waals surface area contributed by atoms with E-state index in [0.717, 1.165) is 0 Å². The van der Waals surface area contributed by atoms with Crippen LogP contribution >= 0.6 is 0 Å². The van der Waals surface area contributed by atoms with E-state index in [-0.39, 0.29) is 0 Å². The molecular formula is C18H23N. The highest BCUT2D eigenvalue weighted by atomic mass is 14.9. The predicted octanol–water partition coefficient (Wildman–Crippen LogP) is 5.09. The Morgan fingerprint density at radius 1 is 0.789 bits per heavy atom. The maximum atomic E-state index is 3.61. The topological polar surface area (TPSA) is 12.0 Å². The fourth-order valence-electron chi connectivity index (χ4n) is 2.60. The predicted molar refractivity (Wildman–Crippen MR) is 83.9 cm³/mol. The minimum absolute atomic E-state index is 0.321. The second kappa shape index (κ2) is 5.48. The van der Waals surface area contributed by atoms with Crippen LogP contribution in [0.1, 0.15) is 40.8 Å². The summed E-state index contributed by atoms with van der Waals surface area (Å²) in [6, 6.07) is 13.5. The van der Waals surface area contributed by atoms with Gasteiger partial charge in [-0.1, -0.05) is 41.5 Å². The van der Waals surface area contributed by atoms with Gasteiger partial charge in [-0.2, -0.15) is 0 Å². The van der Waals surface area contributed by atoms with Gasteiger partial charge in [0, 0.05) is 11.7 Å². The van der Waals surface area contributed by atoms with Crippen molar-refractivity contribution in [1.29, 1.82) is 0 Å². The lowest BCUT2D eigenvalue weighted by atomic mass is 9.99. The zero-order valence-electron chi connectivity index (χ0n) is 12.5. The van der Waals surface area contributed by atoms with E-state index in [1.165, 1.54) is 33.5 Å². The zero-order valence-corrected chi connectivity index (χ0v) is 12.5. The number of hydrogen-bond donors (Lipinski definition) is 1. The monoisotopic (exact) mass is 253 g/mol. The Kier molecular flexibility index (Phi) is 3.94. The van der Waals surface area contributed by atoms with E-state index in [1.807, 2.05) is 0 Å². The molecule has 0 fully saturated rings. The van der Waals surface area contributed by atoms with Crippen molar-refractivity contribution < 1.29 is 0 Å². The van der Waals surface area contributed by atoms with Crippen molar-refractivity contribution in [1.82, 2.24) is 0 Å². The molecule has 0 bridgehead atoms. The molecule has 0 aromatic heterocycles. The van der Waals surface area contributed by atoms with Gasteiger partial charge in [-0.25, -0.2) is 0 Å². The number of anilines is 1. The van der Waals surface area contributed by atoms with Crippen LogP contribution in [0, 0.1) is 27.7 Å². The van der Waals surface area contributed by atoms with Gasteiger partial charge < -0.3 is 5.32 Å². The van der Waals surface area contributed by atoms with Crippen molar-refractivity contribution in [2.45, 2.75) is 40.7 Å². The summed E-state index contributed by atoms with van der Waals surface area (Å²) in [6.07, 6.45) is 0. The Morgan fingerprint density at radius 2 is 1.37 bits per heavy atom. The van der Waals surface area contributed by atoms with Crippen molar-refractivity contribution >= 4 is 5.69 Å². The number of aryl methyl sites for hydroxylation is 4. The number of benzene rings is 2. The molecular weight excluding hydrogens is 230 g/mol. The molecule has 0 saturated carbocycles. The van der Waals surface area contributed by atoms with Gasteiger partial charge in [-0.3, -0.25) is 0 Å². The van der Waals surface area contributed by atoms with E-state index in [9.17, 15) is 0 Å². The van der Waals surface area contributed by atoms with E-state index in [4.69, 9.17) is 0 Å². The number of nitrogens with one attached hydrogen (secondary N) is 1. The van der Waals surface area contributed by atoms with Gasteiger partial charge in [0.15, 0.2) is 0 Å². The summed E-state index contributed by atoms with van der Waals surface area (Å²) in [5.41, 5.74) is 7.87. The van der Waals surface area contributed by atoms with Gasteiger partial charge in [-0.15, -0.1) is 0 Å². The lowest BCUT2D eigenvalue weighted by Gasteiger charge is -2.20. The molecule has 100 valence electrons. The van der Waals surface area contributed by atoms with Crippen LogP contribution in [0.3, 0.4) is 0 Å². The first-order valence-electron chi connectivity index (χ1n) is 6.88. The smallest absolute Gasteiger partial charge is 0.0488 e. The zero-order chi connectivity index (χ0) is 14.0. The SMILES string of the molecule is Cc1ccc(NC(C)c2ccc(C)cc2C)c(C)c1. The van der Waals surface area contributed by atoms with Crippen LogP contribution in [-0.2, 0) is 0 Å². The number of hydrogen-bond acceptors (Lipinski definition) is 1. The van der Waals surface area contributed by atoms with Crippen LogP contribution in [0.5, 0.6) is 0 Å². The lowest BCUT2D eigenvalue weighted by Crippen LogP contribution is -2.09. The maximum Gasteiger partial charge on any atom is 0.0488 e. The van der Waals surface area contributed by atoms with Crippen LogP contribution in [0.15, 0.2) is 36.4 Å². The molecule has 2 rings (SSSR count). The average Bonchev–Trinajstić information content (AvgIpc) is 2.32. The minimum atomic E-state index is 0.321. The summed E-state index contributed by atoms with van der Waals surface area (Å²) < 4.78 is 0. The van der Waals surface area contributed by atoms with Gasteiger partial charge in [0.25, 0.3) is 0 Å². The summed E-state index contributed by atoms with van der Waals surface area (Å²) in [5, 5.41) is 3.61. The number of rotatable bonds is 3. The highest BCUT2D eigenvalue weighted by molar-refractivity contribution is 5.53.